The Hall–Kier alpha value is -2.04. The van der Waals surface area contributed by atoms with E-state index in [0.717, 1.165) is 24.9 Å². The minimum Gasteiger partial charge on any atom is -0.409 e. The fourth-order valence-corrected chi connectivity index (χ4v) is 2.96. The van der Waals surface area contributed by atoms with Gasteiger partial charge in [0.1, 0.15) is 5.41 Å². The number of carbonyl (C=O) groups is 1. The summed E-state index contributed by atoms with van der Waals surface area (Å²) in [5.41, 5.74) is 8.28. The lowest BCUT2D eigenvalue weighted by Gasteiger charge is -2.21. The van der Waals surface area contributed by atoms with Crippen LogP contribution in [0.1, 0.15) is 36.8 Å². The number of anilines is 1. The predicted octanol–water partition coefficient (Wildman–Crippen LogP) is 2.03. The Kier molecular flexibility index (Phi) is 3.12. The van der Waals surface area contributed by atoms with Crippen molar-refractivity contribution in [2.45, 2.75) is 38.5 Å². The van der Waals surface area contributed by atoms with Crippen LogP contribution in [0.15, 0.2) is 23.4 Å². The summed E-state index contributed by atoms with van der Waals surface area (Å²) >= 11 is 0. The molecule has 0 radical (unpaired) electrons. The Bertz CT molecular complexity index is 576. The smallest absolute Gasteiger partial charge is 0.238 e. The normalized spacial score (nSPS) is 20.1. The van der Waals surface area contributed by atoms with Gasteiger partial charge in [0, 0.05) is 5.69 Å². The molecular formula is C15H19N3O2. The maximum absolute atomic E-state index is 12.4. The molecule has 4 N–H and O–H groups in total. The van der Waals surface area contributed by atoms with E-state index in [1.165, 1.54) is 17.5 Å². The zero-order valence-electron chi connectivity index (χ0n) is 11.4. The van der Waals surface area contributed by atoms with E-state index < -0.39 is 5.41 Å². The number of oxime groups is 1. The Morgan fingerprint density at radius 3 is 2.75 bits per heavy atom. The van der Waals surface area contributed by atoms with Crippen LogP contribution in [0, 0.1) is 5.41 Å². The van der Waals surface area contributed by atoms with Crippen molar-refractivity contribution >= 4 is 17.4 Å². The Morgan fingerprint density at radius 2 is 2.05 bits per heavy atom. The van der Waals surface area contributed by atoms with Gasteiger partial charge in [-0.05, 0) is 55.7 Å². The van der Waals surface area contributed by atoms with E-state index in [2.05, 4.69) is 16.5 Å². The number of nitrogens with one attached hydrogen (secondary N) is 1. The number of rotatable bonds is 3. The van der Waals surface area contributed by atoms with Gasteiger partial charge in [0.2, 0.25) is 5.91 Å². The van der Waals surface area contributed by atoms with Crippen LogP contribution in [-0.4, -0.2) is 17.0 Å². The van der Waals surface area contributed by atoms with E-state index in [4.69, 9.17) is 10.9 Å². The topological polar surface area (TPSA) is 87.7 Å². The number of aryl methyl sites for hydroxylation is 1. The molecule has 0 aromatic heterocycles. The maximum atomic E-state index is 12.4. The Morgan fingerprint density at radius 1 is 1.30 bits per heavy atom. The number of benzene rings is 1. The molecule has 3 rings (SSSR count). The van der Waals surface area contributed by atoms with Gasteiger partial charge in [-0.25, -0.2) is 0 Å². The number of amides is 1. The van der Waals surface area contributed by atoms with E-state index in [0.29, 0.717) is 12.8 Å². The molecule has 1 fully saturated rings. The minimum absolute atomic E-state index is 0.0137. The van der Waals surface area contributed by atoms with Gasteiger partial charge in [0.05, 0.1) is 0 Å². The highest BCUT2D eigenvalue weighted by atomic mass is 16.4. The molecule has 1 aromatic carbocycles. The third-order valence-corrected chi connectivity index (χ3v) is 4.43. The minimum atomic E-state index is -0.799. The lowest BCUT2D eigenvalue weighted by molar-refractivity contribution is -0.119. The lowest BCUT2D eigenvalue weighted by Crippen LogP contribution is -2.36. The monoisotopic (exact) mass is 273 g/mol. The molecular weight excluding hydrogens is 254 g/mol. The zero-order chi connectivity index (χ0) is 14.2. The van der Waals surface area contributed by atoms with Crippen molar-refractivity contribution < 1.29 is 10.0 Å². The standard InChI is InChI=1S/C15H19N3O2/c16-13(18-20)15(8-9-15)14(19)17-12-7-3-5-10-4-1-2-6-11(10)12/h3,5,7,20H,1-2,4,6,8-9H2,(H2,16,18)(H,17,19). The average molecular weight is 273 g/mol. The molecule has 0 aliphatic heterocycles. The fourth-order valence-electron chi connectivity index (χ4n) is 2.96. The molecule has 1 amide bonds. The third-order valence-electron chi connectivity index (χ3n) is 4.43. The van der Waals surface area contributed by atoms with Gasteiger partial charge < -0.3 is 16.3 Å². The van der Waals surface area contributed by atoms with Crippen molar-refractivity contribution in [2.75, 3.05) is 5.32 Å². The molecule has 5 nitrogen and oxygen atoms in total. The van der Waals surface area contributed by atoms with Gasteiger partial charge in [-0.15, -0.1) is 0 Å². The molecule has 0 bridgehead atoms. The molecule has 20 heavy (non-hydrogen) atoms. The molecule has 0 saturated heterocycles. The number of nitrogens with two attached hydrogens (primary N) is 1. The molecule has 0 spiro atoms. The van der Waals surface area contributed by atoms with Gasteiger partial charge >= 0.3 is 0 Å². The van der Waals surface area contributed by atoms with E-state index in [1.54, 1.807) is 0 Å². The molecule has 5 heteroatoms. The van der Waals surface area contributed by atoms with Gasteiger partial charge in [0.25, 0.3) is 0 Å². The van der Waals surface area contributed by atoms with Crippen molar-refractivity contribution in [1.29, 1.82) is 0 Å². The summed E-state index contributed by atoms with van der Waals surface area (Å²) < 4.78 is 0. The highest BCUT2D eigenvalue weighted by molar-refractivity contribution is 6.14. The van der Waals surface area contributed by atoms with Crippen LogP contribution in [0.3, 0.4) is 0 Å². The van der Waals surface area contributed by atoms with Crippen LogP contribution in [-0.2, 0) is 17.6 Å². The first-order valence-corrected chi connectivity index (χ1v) is 7.07. The summed E-state index contributed by atoms with van der Waals surface area (Å²) in [6, 6.07) is 6.04. The number of fused-ring (bicyclic) bond motifs is 1. The number of hydrogen-bond acceptors (Lipinski definition) is 3. The second kappa shape index (κ2) is 4.81. The van der Waals surface area contributed by atoms with Crippen LogP contribution in [0.25, 0.3) is 0 Å². The summed E-state index contributed by atoms with van der Waals surface area (Å²) in [5, 5.41) is 14.8. The summed E-state index contributed by atoms with van der Waals surface area (Å²) in [6.45, 7) is 0. The Labute approximate surface area is 117 Å². The van der Waals surface area contributed by atoms with Crippen molar-refractivity contribution in [3.63, 3.8) is 0 Å². The molecule has 0 heterocycles. The first-order chi connectivity index (χ1) is 9.67. The summed E-state index contributed by atoms with van der Waals surface area (Å²) in [6.07, 6.45) is 5.73. The van der Waals surface area contributed by atoms with Crippen molar-refractivity contribution in [1.82, 2.24) is 0 Å². The number of carbonyl (C=O) groups excluding carboxylic acids is 1. The van der Waals surface area contributed by atoms with Gasteiger partial charge in [-0.3, -0.25) is 4.79 Å². The number of hydrogen-bond donors (Lipinski definition) is 3. The van der Waals surface area contributed by atoms with E-state index in [9.17, 15) is 4.79 Å². The molecule has 1 saturated carbocycles. The summed E-state index contributed by atoms with van der Waals surface area (Å²) in [4.78, 5) is 12.4. The molecule has 2 aliphatic rings. The number of amidine groups is 1. The second-order valence-corrected chi connectivity index (χ2v) is 5.67. The average Bonchev–Trinajstić information content (AvgIpc) is 3.28. The van der Waals surface area contributed by atoms with Crippen molar-refractivity contribution in [3.8, 4) is 0 Å². The molecule has 1 aromatic rings. The van der Waals surface area contributed by atoms with Crippen LogP contribution in [0.2, 0.25) is 0 Å². The fraction of sp³-hybridized carbons (Fsp3) is 0.467. The highest BCUT2D eigenvalue weighted by Crippen LogP contribution is 2.47. The maximum Gasteiger partial charge on any atom is 0.238 e. The quantitative estimate of drug-likeness (QED) is 0.341. The predicted molar refractivity (Wildman–Crippen MR) is 76.8 cm³/mol. The SMILES string of the molecule is N/C(=N/O)C1(C(=O)Nc2cccc3c2CCCC3)CC1. The third kappa shape index (κ3) is 2.03. The van der Waals surface area contributed by atoms with Crippen molar-refractivity contribution in [3.05, 3.63) is 29.3 Å². The Balaban J connectivity index is 1.84. The highest BCUT2D eigenvalue weighted by Gasteiger charge is 2.54. The first-order valence-electron chi connectivity index (χ1n) is 7.07. The first kappa shape index (κ1) is 13.0. The van der Waals surface area contributed by atoms with E-state index in [-0.39, 0.29) is 11.7 Å². The van der Waals surface area contributed by atoms with Crippen LogP contribution in [0.5, 0.6) is 0 Å². The largest absolute Gasteiger partial charge is 0.409 e. The molecule has 106 valence electrons. The molecule has 0 atom stereocenters. The summed E-state index contributed by atoms with van der Waals surface area (Å²) in [5.74, 6) is -0.147. The van der Waals surface area contributed by atoms with Crippen LogP contribution >= 0.6 is 0 Å². The van der Waals surface area contributed by atoms with Crippen LogP contribution in [0.4, 0.5) is 5.69 Å². The van der Waals surface area contributed by atoms with Crippen LogP contribution < -0.4 is 11.1 Å². The summed E-state index contributed by atoms with van der Waals surface area (Å²) in [7, 11) is 0. The lowest BCUT2D eigenvalue weighted by atomic mass is 9.90. The van der Waals surface area contributed by atoms with E-state index in [1.807, 2.05) is 12.1 Å². The molecule has 0 unspecified atom stereocenters. The van der Waals surface area contributed by atoms with Gasteiger partial charge in [-0.1, -0.05) is 17.3 Å². The molecule has 2 aliphatic carbocycles. The second-order valence-electron chi connectivity index (χ2n) is 5.67. The number of nitrogens with zero attached hydrogens (tertiary/aromatic N) is 1. The van der Waals surface area contributed by atoms with Gasteiger partial charge in [-0.2, -0.15) is 0 Å². The van der Waals surface area contributed by atoms with Gasteiger partial charge in [0.15, 0.2) is 5.84 Å². The van der Waals surface area contributed by atoms with E-state index >= 15 is 0 Å². The van der Waals surface area contributed by atoms with Crippen molar-refractivity contribution in [2.24, 2.45) is 16.3 Å². The zero-order valence-corrected chi connectivity index (χ0v) is 11.4.